The molecule has 0 aliphatic carbocycles. The lowest BCUT2D eigenvalue weighted by Crippen LogP contribution is -2.36. The van der Waals surface area contributed by atoms with Crippen molar-refractivity contribution in [2.45, 2.75) is 20.3 Å². The van der Waals surface area contributed by atoms with Gasteiger partial charge >= 0.3 is 6.09 Å². The molecule has 128 valence electrons. The number of methoxy groups -OCH3 is 1. The van der Waals surface area contributed by atoms with Crippen LogP contribution >= 0.6 is 0 Å². The molecule has 0 spiro atoms. The van der Waals surface area contributed by atoms with Gasteiger partial charge in [-0.25, -0.2) is 4.79 Å². The van der Waals surface area contributed by atoms with Crippen LogP contribution in [0.15, 0.2) is 18.2 Å². The molecule has 0 aliphatic rings. The lowest BCUT2D eigenvalue weighted by atomic mass is 10.1. The third kappa shape index (κ3) is 6.46. The zero-order valence-electron chi connectivity index (χ0n) is 13.7. The molecule has 7 heteroatoms. The number of hydrogen-bond acceptors (Lipinski definition) is 5. The summed E-state index contributed by atoms with van der Waals surface area (Å²) >= 11 is 0. The predicted octanol–water partition coefficient (Wildman–Crippen LogP) is 1.94. The molecule has 0 unspecified atom stereocenters. The fraction of sp³-hybridized carbons (Fsp3) is 0.500. The molecule has 0 fully saturated rings. The molecule has 0 bridgehead atoms. The first-order valence-corrected chi connectivity index (χ1v) is 7.47. The molecule has 0 radical (unpaired) electrons. The molecule has 1 rings (SSSR count). The number of hydrogen-bond donors (Lipinski definition) is 3. The summed E-state index contributed by atoms with van der Waals surface area (Å²) in [5, 5.41) is 21.6. The highest BCUT2D eigenvalue weighted by atomic mass is 16.5. The Morgan fingerprint density at radius 1 is 1.22 bits per heavy atom. The van der Waals surface area contributed by atoms with Crippen LogP contribution in [0.3, 0.4) is 0 Å². The van der Waals surface area contributed by atoms with Crippen molar-refractivity contribution in [3.05, 3.63) is 23.8 Å². The summed E-state index contributed by atoms with van der Waals surface area (Å²) in [4.78, 5) is 25.2. The number of phenols is 2. The molecule has 0 saturated carbocycles. The lowest BCUT2D eigenvalue weighted by Gasteiger charge is -2.25. The van der Waals surface area contributed by atoms with Crippen molar-refractivity contribution in [2.75, 3.05) is 26.7 Å². The van der Waals surface area contributed by atoms with Crippen molar-refractivity contribution in [1.82, 2.24) is 10.2 Å². The SMILES string of the molecule is COC(=O)NCCCN(CC(C)C)C(=O)c1cc(O)cc(O)c1. The Hall–Kier alpha value is -2.44. The zero-order chi connectivity index (χ0) is 17.4. The van der Waals surface area contributed by atoms with Crippen LogP contribution in [0.1, 0.15) is 30.6 Å². The van der Waals surface area contributed by atoms with E-state index in [4.69, 9.17) is 0 Å². The molecule has 1 aromatic carbocycles. The second-order valence-corrected chi connectivity index (χ2v) is 5.66. The van der Waals surface area contributed by atoms with Gasteiger partial charge in [-0.05, 0) is 24.5 Å². The van der Waals surface area contributed by atoms with Gasteiger partial charge in [0, 0.05) is 31.3 Å². The fourth-order valence-electron chi connectivity index (χ4n) is 2.15. The molecule has 0 aromatic heterocycles. The van der Waals surface area contributed by atoms with Gasteiger partial charge in [0.1, 0.15) is 11.5 Å². The number of nitrogens with one attached hydrogen (secondary N) is 1. The van der Waals surface area contributed by atoms with E-state index in [2.05, 4.69) is 10.1 Å². The van der Waals surface area contributed by atoms with Crippen molar-refractivity contribution >= 4 is 12.0 Å². The topological polar surface area (TPSA) is 99.1 Å². The number of carbonyl (C=O) groups is 2. The molecule has 0 saturated heterocycles. The standard InChI is InChI=1S/C16H24N2O5/c1-11(2)10-18(6-4-5-17-16(22)23-3)15(21)12-7-13(19)9-14(20)8-12/h7-9,11,19-20H,4-6,10H2,1-3H3,(H,17,22). The number of phenolic OH excluding ortho intramolecular Hbond substituents is 2. The van der Waals surface area contributed by atoms with Gasteiger partial charge in [0.05, 0.1) is 7.11 Å². The minimum atomic E-state index is -0.510. The molecular formula is C16H24N2O5. The molecule has 3 N–H and O–H groups in total. The first-order valence-electron chi connectivity index (χ1n) is 7.47. The van der Waals surface area contributed by atoms with Crippen molar-refractivity contribution in [3.63, 3.8) is 0 Å². The Morgan fingerprint density at radius 3 is 2.35 bits per heavy atom. The van der Waals surface area contributed by atoms with Crippen LogP contribution in [0, 0.1) is 5.92 Å². The average Bonchev–Trinajstić information content (AvgIpc) is 2.47. The van der Waals surface area contributed by atoms with Crippen LogP contribution in [0.5, 0.6) is 11.5 Å². The number of nitrogens with zero attached hydrogens (tertiary/aromatic N) is 1. The highest BCUT2D eigenvalue weighted by Crippen LogP contribution is 2.21. The predicted molar refractivity (Wildman–Crippen MR) is 85.5 cm³/mol. The summed E-state index contributed by atoms with van der Waals surface area (Å²) in [5.41, 5.74) is 0.226. The Bertz CT molecular complexity index is 525. The number of amides is 2. The van der Waals surface area contributed by atoms with Gasteiger partial charge in [-0.1, -0.05) is 13.8 Å². The van der Waals surface area contributed by atoms with E-state index in [1.165, 1.54) is 25.3 Å². The minimum absolute atomic E-state index is 0.162. The number of ether oxygens (including phenoxy) is 1. The fourth-order valence-corrected chi connectivity index (χ4v) is 2.15. The number of benzene rings is 1. The van der Waals surface area contributed by atoms with Crippen LogP contribution < -0.4 is 5.32 Å². The number of carbonyl (C=O) groups excluding carboxylic acids is 2. The summed E-state index contributed by atoms with van der Waals surface area (Å²) < 4.78 is 4.48. The average molecular weight is 324 g/mol. The third-order valence-electron chi connectivity index (χ3n) is 3.08. The van der Waals surface area contributed by atoms with E-state index in [1.807, 2.05) is 13.8 Å². The zero-order valence-corrected chi connectivity index (χ0v) is 13.7. The Balaban J connectivity index is 2.72. The van der Waals surface area contributed by atoms with E-state index in [1.54, 1.807) is 4.90 Å². The van der Waals surface area contributed by atoms with Gasteiger partial charge in [-0.15, -0.1) is 0 Å². The molecule has 7 nitrogen and oxygen atoms in total. The molecule has 1 aromatic rings. The summed E-state index contributed by atoms with van der Waals surface area (Å²) in [6.07, 6.45) is 0.0582. The molecular weight excluding hydrogens is 300 g/mol. The molecule has 2 amide bonds. The van der Waals surface area contributed by atoms with Crippen LogP contribution in [-0.4, -0.2) is 53.9 Å². The summed E-state index contributed by atoms with van der Waals surface area (Å²) in [6.45, 7) is 5.35. The molecule has 0 atom stereocenters. The Labute approximate surface area is 135 Å². The van der Waals surface area contributed by atoms with E-state index in [9.17, 15) is 19.8 Å². The highest BCUT2D eigenvalue weighted by molar-refractivity contribution is 5.95. The van der Waals surface area contributed by atoms with Crippen molar-refractivity contribution < 1.29 is 24.5 Å². The molecule has 0 heterocycles. The smallest absolute Gasteiger partial charge is 0.406 e. The van der Waals surface area contributed by atoms with Crippen LogP contribution in [0.25, 0.3) is 0 Å². The van der Waals surface area contributed by atoms with Crippen LogP contribution in [0.4, 0.5) is 4.79 Å². The summed E-state index contributed by atoms with van der Waals surface area (Å²) in [7, 11) is 1.29. The quantitative estimate of drug-likeness (QED) is 0.666. The Morgan fingerprint density at radius 2 is 1.83 bits per heavy atom. The maximum Gasteiger partial charge on any atom is 0.406 e. The van der Waals surface area contributed by atoms with Crippen molar-refractivity contribution in [3.8, 4) is 11.5 Å². The van der Waals surface area contributed by atoms with Gasteiger partial charge in [0.15, 0.2) is 0 Å². The third-order valence-corrected chi connectivity index (χ3v) is 3.08. The highest BCUT2D eigenvalue weighted by Gasteiger charge is 2.18. The van der Waals surface area contributed by atoms with E-state index < -0.39 is 6.09 Å². The summed E-state index contributed by atoms with van der Waals surface area (Å²) in [6, 6.07) is 3.81. The molecule has 23 heavy (non-hydrogen) atoms. The van der Waals surface area contributed by atoms with E-state index in [-0.39, 0.29) is 28.9 Å². The number of alkyl carbamates (subject to hydrolysis) is 1. The minimum Gasteiger partial charge on any atom is -0.508 e. The van der Waals surface area contributed by atoms with Gasteiger partial charge in [0.2, 0.25) is 0 Å². The van der Waals surface area contributed by atoms with Gasteiger partial charge in [0.25, 0.3) is 5.91 Å². The monoisotopic (exact) mass is 324 g/mol. The van der Waals surface area contributed by atoms with Gasteiger partial charge in [-0.3, -0.25) is 4.79 Å². The summed E-state index contributed by atoms with van der Waals surface area (Å²) in [5.74, 6) is -0.336. The van der Waals surface area contributed by atoms with Crippen molar-refractivity contribution in [1.29, 1.82) is 0 Å². The number of aromatic hydroxyl groups is 2. The van der Waals surface area contributed by atoms with Gasteiger partial charge < -0.3 is 25.2 Å². The lowest BCUT2D eigenvalue weighted by molar-refractivity contribution is 0.0733. The maximum absolute atomic E-state index is 12.6. The van der Waals surface area contributed by atoms with Crippen molar-refractivity contribution in [2.24, 2.45) is 5.92 Å². The largest absolute Gasteiger partial charge is 0.508 e. The van der Waals surface area contributed by atoms with E-state index >= 15 is 0 Å². The second kappa shape index (κ2) is 8.87. The maximum atomic E-state index is 12.6. The van der Waals surface area contributed by atoms with E-state index in [0.29, 0.717) is 26.1 Å². The first-order chi connectivity index (χ1) is 10.8. The van der Waals surface area contributed by atoms with Crippen LogP contribution in [-0.2, 0) is 4.74 Å². The first kappa shape index (κ1) is 18.6. The second-order valence-electron chi connectivity index (χ2n) is 5.66. The number of rotatable bonds is 7. The van der Waals surface area contributed by atoms with Gasteiger partial charge in [-0.2, -0.15) is 0 Å². The Kier molecular flexibility index (Phi) is 7.18. The normalized spacial score (nSPS) is 10.4. The molecule has 0 aliphatic heterocycles. The van der Waals surface area contributed by atoms with E-state index in [0.717, 1.165) is 0 Å². The van der Waals surface area contributed by atoms with Crippen LogP contribution in [0.2, 0.25) is 0 Å².